The molecule has 1 atom stereocenters. The molecule has 1 amide bonds. The number of likely N-dealkylation sites (tertiary alicyclic amines) is 1. The zero-order valence-electron chi connectivity index (χ0n) is 10.1. The van der Waals surface area contributed by atoms with Crippen LogP contribution in [0.5, 0.6) is 0 Å². The summed E-state index contributed by atoms with van der Waals surface area (Å²) in [6, 6.07) is 0. The van der Waals surface area contributed by atoms with Crippen LogP contribution in [0.25, 0.3) is 0 Å². The third kappa shape index (κ3) is 2.26. The van der Waals surface area contributed by atoms with Gasteiger partial charge in [-0.1, -0.05) is 5.92 Å². The largest absolute Gasteiger partial charge is 0.467 e. The molecule has 0 radical (unpaired) electrons. The molecule has 0 bridgehead atoms. The van der Waals surface area contributed by atoms with Gasteiger partial charge < -0.3 is 9.64 Å². The van der Waals surface area contributed by atoms with Crippen LogP contribution in [0.3, 0.4) is 0 Å². The minimum atomic E-state index is -1.02. The lowest BCUT2D eigenvalue weighted by molar-refractivity contribution is -0.157. The van der Waals surface area contributed by atoms with E-state index in [1.807, 2.05) is 0 Å². The van der Waals surface area contributed by atoms with Crippen LogP contribution in [0, 0.1) is 24.2 Å². The fourth-order valence-corrected chi connectivity index (χ4v) is 2.18. The topological polar surface area (TPSA) is 46.6 Å². The maximum absolute atomic E-state index is 11.9. The molecule has 1 aliphatic heterocycles. The number of ether oxygens (including phenoxy) is 1. The second-order valence-corrected chi connectivity index (χ2v) is 3.84. The number of amides is 1. The molecule has 1 unspecified atom stereocenters. The quantitative estimate of drug-likeness (QED) is 0.517. The van der Waals surface area contributed by atoms with Crippen molar-refractivity contribution in [1.82, 2.24) is 4.90 Å². The van der Waals surface area contributed by atoms with Crippen molar-refractivity contribution in [2.24, 2.45) is 0 Å². The third-order valence-corrected chi connectivity index (χ3v) is 2.93. The highest BCUT2D eigenvalue weighted by Crippen LogP contribution is 2.33. The minimum Gasteiger partial charge on any atom is -0.467 e. The number of hydrogen-bond donors (Lipinski definition) is 0. The molecule has 0 aromatic heterocycles. The van der Waals surface area contributed by atoms with Crippen LogP contribution in [-0.2, 0) is 14.3 Å². The molecule has 1 fully saturated rings. The summed E-state index contributed by atoms with van der Waals surface area (Å²) in [4.78, 5) is 25.2. The number of rotatable bonds is 2. The number of esters is 1. The average molecular weight is 233 g/mol. The maximum Gasteiger partial charge on any atom is 0.332 e. The second-order valence-electron chi connectivity index (χ2n) is 3.84. The van der Waals surface area contributed by atoms with E-state index in [-0.39, 0.29) is 12.3 Å². The lowest BCUT2D eigenvalue weighted by atomic mass is 9.92. The average Bonchev–Trinajstić information content (AvgIpc) is 2.74. The van der Waals surface area contributed by atoms with Gasteiger partial charge in [-0.25, -0.2) is 4.79 Å². The van der Waals surface area contributed by atoms with Crippen LogP contribution in [0.4, 0.5) is 0 Å². The van der Waals surface area contributed by atoms with Crippen molar-refractivity contribution in [3.8, 4) is 24.2 Å². The van der Waals surface area contributed by atoms with Gasteiger partial charge >= 0.3 is 5.97 Å². The van der Waals surface area contributed by atoms with Crippen molar-refractivity contribution in [3.05, 3.63) is 0 Å². The van der Waals surface area contributed by atoms with Gasteiger partial charge in [0.25, 0.3) is 5.91 Å². The summed E-state index contributed by atoms with van der Waals surface area (Å²) in [6.07, 6.45) is 6.71. The highest BCUT2D eigenvalue weighted by molar-refractivity contribution is 5.98. The van der Waals surface area contributed by atoms with Crippen molar-refractivity contribution in [3.63, 3.8) is 0 Å². The number of carbonyl (C=O) groups excluding carboxylic acids is 2. The van der Waals surface area contributed by atoms with Crippen molar-refractivity contribution < 1.29 is 14.3 Å². The van der Waals surface area contributed by atoms with Gasteiger partial charge in [0, 0.05) is 13.0 Å². The third-order valence-electron chi connectivity index (χ3n) is 2.93. The Balaban J connectivity index is 3.10. The Bertz CT molecular complexity index is 424. The van der Waals surface area contributed by atoms with Gasteiger partial charge in [0.1, 0.15) is 0 Å². The number of hydrogen-bond acceptors (Lipinski definition) is 3. The predicted molar refractivity (Wildman–Crippen MR) is 62.6 cm³/mol. The lowest BCUT2D eigenvalue weighted by Crippen LogP contribution is -2.53. The summed E-state index contributed by atoms with van der Waals surface area (Å²) in [5.74, 6) is 6.60. The molecule has 0 aromatic carbocycles. The van der Waals surface area contributed by atoms with E-state index in [1.165, 1.54) is 12.0 Å². The molecule has 1 aliphatic rings. The Hall–Kier alpha value is -1.94. The molecule has 1 saturated heterocycles. The minimum absolute atomic E-state index is 0.163. The van der Waals surface area contributed by atoms with Crippen molar-refractivity contribution in [2.45, 2.75) is 31.7 Å². The van der Waals surface area contributed by atoms with E-state index in [4.69, 9.17) is 11.2 Å². The zero-order valence-corrected chi connectivity index (χ0v) is 10.1. The van der Waals surface area contributed by atoms with E-state index in [1.54, 1.807) is 6.92 Å². The summed E-state index contributed by atoms with van der Waals surface area (Å²) in [5, 5.41) is 0. The number of terminal acetylenes is 1. The molecule has 17 heavy (non-hydrogen) atoms. The van der Waals surface area contributed by atoms with Crippen molar-refractivity contribution in [1.29, 1.82) is 0 Å². The van der Waals surface area contributed by atoms with Gasteiger partial charge in [-0.3, -0.25) is 4.79 Å². The van der Waals surface area contributed by atoms with E-state index in [0.717, 1.165) is 6.42 Å². The molecule has 0 aliphatic carbocycles. The van der Waals surface area contributed by atoms with E-state index in [2.05, 4.69) is 17.8 Å². The van der Waals surface area contributed by atoms with E-state index in [9.17, 15) is 9.59 Å². The molecule has 1 rings (SSSR count). The first kappa shape index (κ1) is 13.1. The Morgan fingerprint density at radius 3 is 2.76 bits per heavy atom. The van der Waals surface area contributed by atoms with Crippen LogP contribution in [0.15, 0.2) is 0 Å². The molecule has 4 nitrogen and oxygen atoms in total. The molecule has 0 N–H and O–H groups in total. The predicted octanol–water partition coefficient (Wildman–Crippen LogP) is 0.567. The standard InChI is InChI=1S/C13H15NO3/c1-4-7-11(15)14-10-6-9-13(14,8-5-2)12(16)17-3/h2H,6,8-10H2,1,3H3. The van der Waals surface area contributed by atoms with Gasteiger partial charge in [-0.2, -0.15) is 0 Å². The van der Waals surface area contributed by atoms with Crippen LogP contribution < -0.4 is 0 Å². The van der Waals surface area contributed by atoms with Gasteiger partial charge in [0.15, 0.2) is 5.54 Å². The smallest absolute Gasteiger partial charge is 0.332 e. The molecule has 4 heteroatoms. The Morgan fingerprint density at radius 2 is 2.24 bits per heavy atom. The first-order chi connectivity index (χ1) is 8.12. The monoisotopic (exact) mass is 233 g/mol. The Kier molecular flexibility index (Phi) is 4.17. The molecular weight excluding hydrogens is 218 g/mol. The van der Waals surface area contributed by atoms with Gasteiger partial charge in [-0.05, 0) is 25.7 Å². The molecule has 90 valence electrons. The normalized spacial score (nSPS) is 22.3. The maximum atomic E-state index is 11.9. The lowest BCUT2D eigenvalue weighted by Gasteiger charge is -2.33. The first-order valence-corrected chi connectivity index (χ1v) is 5.38. The van der Waals surface area contributed by atoms with Crippen LogP contribution in [-0.4, -0.2) is 36.0 Å². The molecule has 1 heterocycles. The summed E-state index contributed by atoms with van der Waals surface area (Å²) in [7, 11) is 1.30. The van der Waals surface area contributed by atoms with E-state index in [0.29, 0.717) is 13.0 Å². The molecule has 0 spiro atoms. The highest BCUT2D eigenvalue weighted by atomic mass is 16.5. The second kappa shape index (κ2) is 5.41. The fourth-order valence-electron chi connectivity index (χ4n) is 2.18. The van der Waals surface area contributed by atoms with Gasteiger partial charge in [0.2, 0.25) is 0 Å². The van der Waals surface area contributed by atoms with Crippen LogP contribution in [0.1, 0.15) is 26.2 Å². The number of nitrogens with zero attached hydrogens (tertiary/aromatic N) is 1. The summed E-state index contributed by atoms with van der Waals surface area (Å²) in [6.45, 7) is 2.07. The van der Waals surface area contributed by atoms with E-state index >= 15 is 0 Å². The van der Waals surface area contributed by atoms with E-state index < -0.39 is 11.5 Å². The molecular formula is C13H15NO3. The van der Waals surface area contributed by atoms with Crippen molar-refractivity contribution in [2.75, 3.05) is 13.7 Å². The summed E-state index contributed by atoms with van der Waals surface area (Å²) < 4.78 is 4.77. The van der Waals surface area contributed by atoms with Crippen LogP contribution in [0.2, 0.25) is 0 Å². The Morgan fingerprint density at radius 1 is 1.53 bits per heavy atom. The van der Waals surface area contributed by atoms with Gasteiger partial charge in [0.05, 0.1) is 7.11 Å². The fraction of sp³-hybridized carbons (Fsp3) is 0.538. The summed E-state index contributed by atoms with van der Waals surface area (Å²) in [5.41, 5.74) is -1.02. The van der Waals surface area contributed by atoms with Gasteiger partial charge in [-0.15, -0.1) is 12.3 Å². The molecule has 0 aromatic rings. The number of methoxy groups -OCH3 is 1. The molecule has 0 saturated carbocycles. The first-order valence-electron chi connectivity index (χ1n) is 5.38. The van der Waals surface area contributed by atoms with Crippen LogP contribution >= 0.6 is 0 Å². The highest BCUT2D eigenvalue weighted by Gasteiger charge is 2.49. The van der Waals surface area contributed by atoms with Crippen molar-refractivity contribution >= 4 is 11.9 Å². The SMILES string of the molecule is C#CCC1(C(=O)OC)CCCN1C(=O)C#CC. The Labute approximate surface area is 101 Å². The zero-order chi connectivity index (χ0) is 12.9. The number of carbonyl (C=O) groups is 2. The summed E-state index contributed by atoms with van der Waals surface area (Å²) >= 11 is 0.